The molecule has 1 aliphatic rings. The van der Waals surface area contributed by atoms with E-state index in [-0.39, 0.29) is 5.91 Å². The van der Waals surface area contributed by atoms with E-state index >= 15 is 0 Å². The van der Waals surface area contributed by atoms with Gasteiger partial charge < -0.3 is 14.6 Å². The van der Waals surface area contributed by atoms with Crippen LogP contribution >= 0.6 is 15.9 Å². The number of nitrogens with zero attached hydrogens (tertiary/aromatic N) is 2. The molecule has 0 bridgehead atoms. The lowest BCUT2D eigenvalue weighted by molar-refractivity contribution is 0.0880. The quantitative estimate of drug-likeness (QED) is 0.903. The fraction of sp³-hybridized carbons (Fsp3) is 0.500. The van der Waals surface area contributed by atoms with Crippen LogP contribution in [0.4, 0.5) is 0 Å². The van der Waals surface area contributed by atoms with E-state index in [1.807, 2.05) is 7.05 Å². The van der Waals surface area contributed by atoms with E-state index < -0.39 is 5.54 Å². The summed E-state index contributed by atoms with van der Waals surface area (Å²) < 4.78 is 5.41. The molecule has 96 valence electrons. The number of hydrogen-bond acceptors (Lipinski definition) is 4. The Morgan fingerprint density at radius 2 is 2.28 bits per heavy atom. The van der Waals surface area contributed by atoms with Gasteiger partial charge in [-0.15, -0.1) is 0 Å². The fourth-order valence-electron chi connectivity index (χ4n) is 2.01. The van der Waals surface area contributed by atoms with Gasteiger partial charge in [0.25, 0.3) is 5.91 Å². The van der Waals surface area contributed by atoms with Gasteiger partial charge in [0.1, 0.15) is 5.54 Å². The molecule has 0 aromatic carbocycles. The Kier molecular flexibility index (Phi) is 3.73. The van der Waals surface area contributed by atoms with Gasteiger partial charge in [-0.2, -0.15) is 5.26 Å². The molecule has 5 nitrogen and oxygen atoms in total. The number of piperidine rings is 1. The van der Waals surface area contributed by atoms with Gasteiger partial charge in [0, 0.05) is 13.1 Å². The lowest BCUT2D eigenvalue weighted by Crippen LogP contribution is -2.53. The Morgan fingerprint density at radius 3 is 2.78 bits per heavy atom. The molecule has 1 amide bonds. The molecule has 2 heterocycles. The highest BCUT2D eigenvalue weighted by molar-refractivity contribution is 9.10. The number of carbonyl (C=O) groups excluding carboxylic acids is 1. The Labute approximate surface area is 114 Å². The molecule has 1 aromatic heterocycles. The zero-order chi connectivity index (χ0) is 13.2. The van der Waals surface area contributed by atoms with Crippen molar-refractivity contribution in [1.29, 1.82) is 5.26 Å². The topological polar surface area (TPSA) is 69.3 Å². The van der Waals surface area contributed by atoms with Crippen LogP contribution in [0.5, 0.6) is 0 Å². The zero-order valence-corrected chi connectivity index (χ0v) is 11.7. The first-order chi connectivity index (χ1) is 8.56. The molecular formula is C12H14BrN3O2. The van der Waals surface area contributed by atoms with Crippen LogP contribution in [-0.2, 0) is 0 Å². The molecular weight excluding hydrogens is 298 g/mol. The maximum atomic E-state index is 12.1. The van der Waals surface area contributed by atoms with E-state index in [1.165, 1.54) is 6.26 Å². The Balaban J connectivity index is 2.10. The maximum absolute atomic E-state index is 12.1. The minimum Gasteiger partial charge on any atom is -0.457 e. The number of nitriles is 1. The van der Waals surface area contributed by atoms with Crippen LogP contribution in [0, 0.1) is 11.3 Å². The van der Waals surface area contributed by atoms with E-state index in [0.717, 1.165) is 13.1 Å². The summed E-state index contributed by atoms with van der Waals surface area (Å²) in [7, 11) is 2.01. The molecule has 18 heavy (non-hydrogen) atoms. The Bertz CT molecular complexity index is 484. The summed E-state index contributed by atoms with van der Waals surface area (Å²) in [6, 6.07) is 3.83. The number of furan rings is 1. The average molecular weight is 312 g/mol. The SMILES string of the molecule is CN1CCC(C#N)(NC(=O)c2ccoc2Br)CC1. The van der Waals surface area contributed by atoms with Gasteiger partial charge in [0.05, 0.1) is 17.9 Å². The highest BCUT2D eigenvalue weighted by atomic mass is 79.9. The second kappa shape index (κ2) is 5.12. The van der Waals surface area contributed by atoms with Gasteiger partial charge in [-0.3, -0.25) is 4.79 Å². The molecule has 0 unspecified atom stereocenters. The first kappa shape index (κ1) is 13.1. The molecule has 0 atom stereocenters. The van der Waals surface area contributed by atoms with Crippen molar-refractivity contribution in [1.82, 2.24) is 10.2 Å². The summed E-state index contributed by atoms with van der Waals surface area (Å²) in [5.74, 6) is -0.276. The van der Waals surface area contributed by atoms with Gasteiger partial charge in [-0.25, -0.2) is 0 Å². The van der Waals surface area contributed by atoms with Gasteiger partial charge in [-0.05, 0) is 41.9 Å². The van der Waals surface area contributed by atoms with Crippen LogP contribution < -0.4 is 5.32 Å². The molecule has 1 N–H and O–H groups in total. The van der Waals surface area contributed by atoms with Gasteiger partial charge in [-0.1, -0.05) is 0 Å². The maximum Gasteiger partial charge on any atom is 0.257 e. The van der Waals surface area contributed by atoms with Crippen molar-refractivity contribution >= 4 is 21.8 Å². The van der Waals surface area contributed by atoms with E-state index in [0.29, 0.717) is 23.1 Å². The summed E-state index contributed by atoms with van der Waals surface area (Å²) in [5, 5.41) is 12.2. The highest BCUT2D eigenvalue weighted by Gasteiger charge is 2.36. The molecule has 2 rings (SSSR count). The van der Waals surface area contributed by atoms with Gasteiger partial charge in [0.2, 0.25) is 0 Å². The van der Waals surface area contributed by atoms with Crippen molar-refractivity contribution < 1.29 is 9.21 Å². The second-order valence-electron chi connectivity index (χ2n) is 4.56. The highest BCUT2D eigenvalue weighted by Crippen LogP contribution is 2.23. The minimum absolute atomic E-state index is 0.276. The van der Waals surface area contributed by atoms with Crippen molar-refractivity contribution in [2.45, 2.75) is 18.4 Å². The predicted molar refractivity (Wildman–Crippen MR) is 68.9 cm³/mol. The third-order valence-corrected chi connectivity index (χ3v) is 3.88. The number of nitrogens with one attached hydrogen (secondary N) is 1. The zero-order valence-electron chi connectivity index (χ0n) is 10.1. The number of likely N-dealkylation sites (tertiary alicyclic amines) is 1. The van der Waals surface area contributed by atoms with Crippen molar-refractivity contribution in [3.63, 3.8) is 0 Å². The number of hydrogen-bond donors (Lipinski definition) is 1. The molecule has 1 aromatic rings. The van der Waals surface area contributed by atoms with Crippen LogP contribution in [-0.4, -0.2) is 36.5 Å². The largest absolute Gasteiger partial charge is 0.457 e. The van der Waals surface area contributed by atoms with Gasteiger partial charge >= 0.3 is 0 Å². The van der Waals surface area contributed by atoms with Crippen LogP contribution in [0.15, 0.2) is 21.4 Å². The summed E-state index contributed by atoms with van der Waals surface area (Å²) in [5.41, 5.74) is -0.344. The molecule has 6 heteroatoms. The molecule has 0 saturated carbocycles. The minimum atomic E-state index is -0.764. The number of rotatable bonds is 2. The predicted octanol–water partition coefficient (Wildman–Crippen LogP) is 1.76. The third-order valence-electron chi connectivity index (χ3n) is 3.27. The lowest BCUT2D eigenvalue weighted by Gasteiger charge is -2.35. The Morgan fingerprint density at radius 1 is 1.61 bits per heavy atom. The van der Waals surface area contributed by atoms with Crippen LogP contribution in [0.1, 0.15) is 23.2 Å². The smallest absolute Gasteiger partial charge is 0.257 e. The summed E-state index contributed by atoms with van der Waals surface area (Å²) in [6.07, 6.45) is 2.72. The Hall–Kier alpha value is -1.32. The van der Waals surface area contributed by atoms with E-state index in [2.05, 4.69) is 32.2 Å². The molecule has 1 fully saturated rings. The molecule has 0 aliphatic carbocycles. The third kappa shape index (κ3) is 2.57. The van der Waals surface area contributed by atoms with Crippen LogP contribution in [0.2, 0.25) is 0 Å². The summed E-state index contributed by atoms with van der Waals surface area (Å²) >= 11 is 3.16. The van der Waals surface area contributed by atoms with Crippen molar-refractivity contribution in [3.05, 3.63) is 22.6 Å². The second-order valence-corrected chi connectivity index (χ2v) is 5.28. The molecule has 0 spiro atoms. The number of halogens is 1. The number of amides is 1. The standard InChI is InChI=1S/C12H14BrN3O2/c1-16-5-3-12(8-14,4-6-16)15-11(17)9-2-7-18-10(9)13/h2,7H,3-6H2,1H3,(H,15,17). The normalized spacial score (nSPS) is 19.2. The lowest BCUT2D eigenvalue weighted by atomic mass is 9.89. The monoisotopic (exact) mass is 311 g/mol. The van der Waals surface area contributed by atoms with Crippen LogP contribution in [0.25, 0.3) is 0 Å². The molecule has 1 aliphatic heterocycles. The first-order valence-corrected chi connectivity index (χ1v) is 6.51. The van der Waals surface area contributed by atoms with Crippen molar-refractivity contribution in [2.75, 3.05) is 20.1 Å². The molecule has 1 saturated heterocycles. The fourth-order valence-corrected chi connectivity index (χ4v) is 2.43. The van der Waals surface area contributed by atoms with Crippen molar-refractivity contribution in [3.8, 4) is 6.07 Å². The van der Waals surface area contributed by atoms with E-state index in [4.69, 9.17) is 4.42 Å². The average Bonchev–Trinajstić information content (AvgIpc) is 2.79. The first-order valence-electron chi connectivity index (χ1n) is 5.72. The van der Waals surface area contributed by atoms with E-state index in [9.17, 15) is 10.1 Å². The number of carbonyl (C=O) groups is 1. The van der Waals surface area contributed by atoms with E-state index in [1.54, 1.807) is 6.07 Å². The van der Waals surface area contributed by atoms with Crippen molar-refractivity contribution in [2.24, 2.45) is 0 Å². The van der Waals surface area contributed by atoms with Gasteiger partial charge in [0.15, 0.2) is 4.67 Å². The molecule has 0 radical (unpaired) electrons. The van der Waals surface area contributed by atoms with Crippen LogP contribution in [0.3, 0.4) is 0 Å². The summed E-state index contributed by atoms with van der Waals surface area (Å²) in [4.78, 5) is 14.2. The summed E-state index contributed by atoms with van der Waals surface area (Å²) in [6.45, 7) is 1.61.